The Morgan fingerprint density at radius 1 is 1.35 bits per heavy atom. The molecule has 0 aromatic heterocycles. The smallest absolute Gasteiger partial charge is 0.223 e. The maximum atomic E-state index is 11.9. The molecule has 1 N–H and O–H groups in total. The molecule has 94 valence electrons. The van der Waals surface area contributed by atoms with E-state index >= 15 is 0 Å². The van der Waals surface area contributed by atoms with Crippen LogP contribution in [0.5, 0.6) is 0 Å². The first-order valence-corrected chi connectivity index (χ1v) is 6.63. The molecule has 0 fully saturated rings. The molecule has 1 aromatic rings. The topological polar surface area (TPSA) is 29.1 Å². The molecule has 2 nitrogen and oxygen atoms in total. The van der Waals surface area contributed by atoms with Gasteiger partial charge < -0.3 is 5.32 Å². The van der Waals surface area contributed by atoms with Crippen molar-refractivity contribution in [3.05, 3.63) is 35.9 Å². The quantitative estimate of drug-likeness (QED) is 0.773. The molecule has 0 radical (unpaired) electrons. The molecule has 1 amide bonds. The van der Waals surface area contributed by atoms with E-state index in [4.69, 9.17) is 11.6 Å². The number of benzene rings is 1. The van der Waals surface area contributed by atoms with E-state index in [2.05, 4.69) is 12.2 Å². The second-order valence-corrected chi connectivity index (χ2v) is 4.62. The highest BCUT2D eigenvalue weighted by atomic mass is 35.5. The van der Waals surface area contributed by atoms with Crippen molar-refractivity contribution in [3.63, 3.8) is 0 Å². The zero-order valence-electron chi connectivity index (χ0n) is 10.4. The second-order valence-electron chi connectivity index (χ2n) is 4.32. The zero-order valence-corrected chi connectivity index (χ0v) is 11.2. The van der Waals surface area contributed by atoms with Crippen LogP contribution < -0.4 is 5.32 Å². The predicted octanol–water partition coefficient (Wildman–Crippen LogP) is 3.52. The molecule has 0 aliphatic heterocycles. The molecule has 3 heteroatoms. The van der Waals surface area contributed by atoms with Crippen LogP contribution in [0, 0.1) is 5.92 Å². The van der Waals surface area contributed by atoms with Gasteiger partial charge in [-0.25, -0.2) is 0 Å². The molecule has 2 unspecified atom stereocenters. The number of halogens is 1. The summed E-state index contributed by atoms with van der Waals surface area (Å²) in [5.41, 5.74) is 1.06. The minimum absolute atomic E-state index is 0.0504. The van der Waals surface area contributed by atoms with Crippen LogP contribution in [0.4, 0.5) is 0 Å². The van der Waals surface area contributed by atoms with Crippen molar-refractivity contribution in [3.8, 4) is 0 Å². The summed E-state index contributed by atoms with van der Waals surface area (Å²) >= 11 is 5.91. The molecule has 0 aliphatic rings. The third kappa shape index (κ3) is 4.39. The Morgan fingerprint density at radius 3 is 2.53 bits per heavy atom. The van der Waals surface area contributed by atoms with E-state index in [-0.39, 0.29) is 17.9 Å². The van der Waals surface area contributed by atoms with Crippen molar-refractivity contribution in [2.45, 2.75) is 32.7 Å². The third-order valence-electron chi connectivity index (χ3n) is 2.84. The molecular weight excluding hydrogens is 234 g/mol. The van der Waals surface area contributed by atoms with Gasteiger partial charge in [-0.1, -0.05) is 50.6 Å². The Bertz CT molecular complexity index is 339. The summed E-state index contributed by atoms with van der Waals surface area (Å²) in [6, 6.07) is 9.74. The maximum Gasteiger partial charge on any atom is 0.223 e. The molecule has 1 rings (SSSR count). The van der Waals surface area contributed by atoms with E-state index < -0.39 is 0 Å². The number of hydrogen-bond donors (Lipinski definition) is 1. The third-order valence-corrected chi connectivity index (χ3v) is 3.15. The highest BCUT2D eigenvalue weighted by Gasteiger charge is 2.17. The van der Waals surface area contributed by atoms with Gasteiger partial charge in [0.05, 0.1) is 6.04 Å². The Kier molecular flexibility index (Phi) is 6.06. The molecule has 0 saturated carbocycles. The van der Waals surface area contributed by atoms with Crippen LogP contribution in [0.1, 0.15) is 38.3 Å². The van der Waals surface area contributed by atoms with Gasteiger partial charge in [0.2, 0.25) is 5.91 Å². The number of carbonyl (C=O) groups excluding carboxylic acids is 1. The van der Waals surface area contributed by atoms with Gasteiger partial charge in [0.1, 0.15) is 0 Å². The first-order chi connectivity index (χ1) is 8.19. The highest BCUT2D eigenvalue weighted by molar-refractivity contribution is 6.18. The van der Waals surface area contributed by atoms with Crippen LogP contribution in [-0.4, -0.2) is 11.8 Å². The summed E-state index contributed by atoms with van der Waals surface area (Å²) in [4.78, 5) is 11.9. The van der Waals surface area contributed by atoms with E-state index in [0.717, 1.165) is 18.4 Å². The van der Waals surface area contributed by atoms with Gasteiger partial charge in [-0.05, 0) is 12.0 Å². The Morgan fingerprint density at radius 2 is 2.00 bits per heavy atom. The van der Waals surface area contributed by atoms with Gasteiger partial charge in [0, 0.05) is 11.8 Å². The van der Waals surface area contributed by atoms with Crippen LogP contribution in [0.3, 0.4) is 0 Å². The lowest BCUT2D eigenvalue weighted by atomic mass is 10.0. The fraction of sp³-hybridized carbons (Fsp3) is 0.500. The summed E-state index contributed by atoms with van der Waals surface area (Å²) in [6.07, 6.45) is 1.93. The van der Waals surface area contributed by atoms with Gasteiger partial charge in [0.15, 0.2) is 0 Å². The summed E-state index contributed by atoms with van der Waals surface area (Å²) < 4.78 is 0. The van der Waals surface area contributed by atoms with Gasteiger partial charge in [-0.3, -0.25) is 4.79 Å². The standard InChI is InChI=1S/C14H20ClNO/c1-3-7-11(2)14(17)16-13(10-15)12-8-5-4-6-9-12/h4-6,8-9,11,13H,3,7,10H2,1-2H3,(H,16,17). The maximum absolute atomic E-state index is 11.9. The molecular formula is C14H20ClNO. The number of hydrogen-bond acceptors (Lipinski definition) is 1. The highest BCUT2D eigenvalue weighted by Crippen LogP contribution is 2.15. The van der Waals surface area contributed by atoms with Gasteiger partial charge >= 0.3 is 0 Å². The first-order valence-electron chi connectivity index (χ1n) is 6.10. The van der Waals surface area contributed by atoms with Gasteiger partial charge in [-0.2, -0.15) is 0 Å². The van der Waals surface area contributed by atoms with E-state index in [0.29, 0.717) is 5.88 Å². The van der Waals surface area contributed by atoms with Crippen molar-refractivity contribution in [2.24, 2.45) is 5.92 Å². The van der Waals surface area contributed by atoms with Crippen molar-refractivity contribution in [2.75, 3.05) is 5.88 Å². The van der Waals surface area contributed by atoms with Crippen LogP contribution in [0.2, 0.25) is 0 Å². The Labute approximate surface area is 108 Å². The number of amides is 1. The first kappa shape index (κ1) is 14.0. The number of nitrogens with one attached hydrogen (secondary N) is 1. The Balaban J connectivity index is 2.62. The van der Waals surface area contributed by atoms with Crippen LogP contribution in [0.25, 0.3) is 0 Å². The van der Waals surface area contributed by atoms with Crippen molar-refractivity contribution < 1.29 is 4.79 Å². The van der Waals surface area contributed by atoms with Crippen LogP contribution in [-0.2, 0) is 4.79 Å². The summed E-state index contributed by atoms with van der Waals surface area (Å²) in [5, 5.41) is 3.00. The molecule has 0 aliphatic carbocycles. The molecule has 0 heterocycles. The van der Waals surface area contributed by atoms with E-state index in [1.807, 2.05) is 37.3 Å². The normalized spacial score (nSPS) is 14.1. The number of carbonyl (C=O) groups is 1. The second kappa shape index (κ2) is 7.33. The average Bonchev–Trinajstić information content (AvgIpc) is 2.37. The molecule has 0 spiro atoms. The van der Waals surface area contributed by atoms with Crippen molar-refractivity contribution >= 4 is 17.5 Å². The van der Waals surface area contributed by atoms with Crippen molar-refractivity contribution in [1.82, 2.24) is 5.32 Å². The average molecular weight is 254 g/mol. The van der Waals surface area contributed by atoms with Crippen LogP contribution >= 0.6 is 11.6 Å². The summed E-state index contributed by atoms with van der Waals surface area (Å²) in [7, 11) is 0. The summed E-state index contributed by atoms with van der Waals surface area (Å²) in [5.74, 6) is 0.532. The lowest BCUT2D eigenvalue weighted by molar-refractivity contribution is -0.125. The predicted molar refractivity (Wildman–Crippen MR) is 72.1 cm³/mol. The van der Waals surface area contributed by atoms with Crippen molar-refractivity contribution in [1.29, 1.82) is 0 Å². The monoisotopic (exact) mass is 253 g/mol. The lowest BCUT2D eigenvalue weighted by Gasteiger charge is -2.19. The molecule has 17 heavy (non-hydrogen) atoms. The van der Waals surface area contributed by atoms with E-state index in [9.17, 15) is 4.79 Å². The fourth-order valence-electron chi connectivity index (χ4n) is 1.77. The molecule has 0 saturated heterocycles. The number of alkyl halides is 1. The van der Waals surface area contributed by atoms with E-state index in [1.165, 1.54) is 0 Å². The Hall–Kier alpha value is -1.02. The van der Waals surface area contributed by atoms with E-state index in [1.54, 1.807) is 0 Å². The fourth-order valence-corrected chi connectivity index (χ4v) is 2.03. The lowest BCUT2D eigenvalue weighted by Crippen LogP contribution is -2.33. The number of rotatable bonds is 6. The van der Waals surface area contributed by atoms with Gasteiger partial charge in [0.25, 0.3) is 0 Å². The molecule has 0 bridgehead atoms. The summed E-state index contributed by atoms with van der Waals surface area (Å²) in [6.45, 7) is 4.04. The largest absolute Gasteiger partial charge is 0.348 e. The SMILES string of the molecule is CCCC(C)C(=O)NC(CCl)c1ccccc1. The minimum Gasteiger partial charge on any atom is -0.348 e. The molecule has 2 atom stereocenters. The molecule has 1 aromatic carbocycles. The zero-order chi connectivity index (χ0) is 12.7. The van der Waals surface area contributed by atoms with Crippen LogP contribution in [0.15, 0.2) is 30.3 Å². The minimum atomic E-state index is -0.0929. The van der Waals surface area contributed by atoms with Gasteiger partial charge in [-0.15, -0.1) is 11.6 Å².